The fraction of sp³-hybridized carbons (Fsp3) is 0.314. The Bertz CT molecular complexity index is 1590. The third kappa shape index (κ3) is 6.14. The molecule has 44 heavy (non-hydrogen) atoms. The third-order valence-corrected chi connectivity index (χ3v) is 9.50. The van der Waals surface area contributed by atoms with E-state index in [0.717, 1.165) is 38.9 Å². The van der Waals surface area contributed by atoms with E-state index in [1.54, 1.807) is 24.3 Å². The minimum atomic E-state index is -1.05. The number of aromatic hydroxyl groups is 1. The van der Waals surface area contributed by atoms with Gasteiger partial charge in [0, 0.05) is 10.0 Å². The topological polar surface area (TPSA) is 96.3 Å². The van der Waals surface area contributed by atoms with Crippen LogP contribution >= 0.6 is 15.9 Å². The van der Waals surface area contributed by atoms with Crippen LogP contribution in [0.5, 0.6) is 11.5 Å². The summed E-state index contributed by atoms with van der Waals surface area (Å²) < 4.78 is 13.3. The Morgan fingerprint density at radius 1 is 1.05 bits per heavy atom. The zero-order valence-corrected chi connectivity index (χ0v) is 26.2. The van der Waals surface area contributed by atoms with Crippen LogP contribution in [-0.4, -0.2) is 41.8 Å². The number of phenolic OH excluding ortho intramolecular Hbond substituents is 1. The van der Waals surface area contributed by atoms with E-state index in [9.17, 15) is 19.7 Å². The second-order valence-corrected chi connectivity index (χ2v) is 12.6. The van der Waals surface area contributed by atoms with E-state index >= 15 is 0 Å². The number of ether oxygens (including phenoxy) is 1. The molecule has 0 aromatic heterocycles. The summed E-state index contributed by atoms with van der Waals surface area (Å²) in [4.78, 5) is 29.1. The number of carbonyl (C=O) groups is 2. The molecule has 3 aliphatic rings. The summed E-state index contributed by atoms with van der Waals surface area (Å²) in [5, 5.41) is 21.4. The molecule has 0 saturated carbocycles. The molecule has 226 valence electrons. The third-order valence-electron chi connectivity index (χ3n) is 9.01. The Balaban J connectivity index is 1.33. The average Bonchev–Trinajstić information content (AvgIpc) is 3.29. The number of rotatable bonds is 9. The molecule has 1 aliphatic carbocycles. The summed E-state index contributed by atoms with van der Waals surface area (Å²) in [6, 6.07) is 23.9. The summed E-state index contributed by atoms with van der Waals surface area (Å²) in [6.07, 6.45) is 4.21. The smallest absolute Gasteiger partial charge is 0.455 e. The van der Waals surface area contributed by atoms with E-state index in [4.69, 9.17) is 9.39 Å². The predicted octanol–water partition coefficient (Wildman–Crippen LogP) is 6.81. The molecule has 2 fully saturated rings. The number of para-hydroxylation sites is 2. The number of halogens is 1. The van der Waals surface area contributed by atoms with Gasteiger partial charge in [0.05, 0.1) is 23.6 Å². The Morgan fingerprint density at radius 2 is 1.77 bits per heavy atom. The van der Waals surface area contributed by atoms with Crippen LogP contribution in [0.3, 0.4) is 0 Å². The van der Waals surface area contributed by atoms with Crippen molar-refractivity contribution in [3.8, 4) is 11.5 Å². The fourth-order valence-corrected chi connectivity index (χ4v) is 7.32. The number of benzene rings is 3. The van der Waals surface area contributed by atoms with Gasteiger partial charge >= 0.3 is 7.12 Å². The molecule has 2 amide bonds. The quantitative estimate of drug-likeness (QED) is 0.149. The molecule has 4 atom stereocenters. The number of phenols is 1. The molecule has 2 saturated heterocycles. The number of carbonyl (C=O) groups excluding carboxylic acids is 2. The lowest BCUT2D eigenvalue weighted by Crippen LogP contribution is -2.46. The molecule has 9 heteroatoms. The normalized spacial score (nSPS) is 23.6. The molecule has 0 radical (unpaired) electrons. The van der Waals surface area contributed by atoms with Crippen LogP contribution in [0.2, 0.25) is 6.32 Å². The minimum absolute atomic E-state index is 0.204. The van der Waals surface area contributed by atoms with Gasteiger partial charge in [-0.15, -0.1) is 0 Å². The highest BCUT2D eigenvalue weighted by Crippen LogP contribution is 2.51. The molecule has 3 aromatic carbocycles. The Hall–Kier alpha value is -3.66. The van der Waals surface area contributed by atoms with Crippen LogP contribution in [-0.2, 0) is 14.2 Å². The van der Waals surface area contributed by atoms with E-state index < -0.39 is 25.1 Å². The van der Waals surface area contributed by atoms with E-state index in [-0.39, 0.29) is 36.4 Å². The van der Waals surface area contributed by atoms with Crippen molar-refractivity contribution in [2.75, 3.05) is 11.5 Å². The molecule has 2 N–H and O–H groups in total. The Kier molecular flexibility index (Phi) is 9.07. The van der Waals surface area contributed by atoms with Gasteiger partial charge in [-0.2, -0.15) is 0 Å². The van der Waals surface area contributed by atoms with Gasteiger partial charge in [-0.25, -0.2) is 0 Å². The standard InChI is InChI=1S/C35H35BBrNO6/c1-2-22(17-23-18-25(37)14-15-30(23)39)13-16-31-32-24(21-43-27-11-7-4-8-12-27)19-28-33(29(32)20-36(42)44-31)35(41)38(34(28)40)26-9-5-3-6-10-26/h3-12,14-15,17-18,28-29,31,33,39,42H,2,13,16,19-21H2,1H3/b22-17+/t28-,29+,31-,33-/m1/s1. The summed E-state index contributed by atoms with van der Waals surface area (Å²) >= 11 is 3.48. The van der Waals surface area contributed by atoms with Gasteiger partial charge < -0.3 is 19.5 Å². The van der Waals surface area contributed by atoms with Crippen molar-refractivity contribution < 1.29 is 29.1 Å². The van der Waals surface area contributed by atoms with Crippen LogP contribution in [0.25, 0.3) is 6.08 Å². The summed E-state index contributed by atoms with van der Waals surface area (Å²) in [5.74, 6) is -0.935. The fourth-order valence-electron chi connectivity index (χ4n) is 6.94. The zero-order valence-electron chi connectivity index (χ0n) is 24.6. The minimum Gasteiger partial charge on any atom is -0.507 e. The monoisotopic (exact) mass is 655 g/mol. The summed E-state index contributed by atoms with van der Waals surface area (Å²) in [6.45, 7) is 2.34. The highest BCUT2D eigenvalue weighted by molar-refractivity contribution is 9.10. The molecule has 0 bridgehead atoms. The van der Waals surface area contributed by atoms with Crippen LogP contribution in [0, 0.1) is 17.8 Å². The van der Waals surface area contributed by atoms with Crippen molar-refractivity contribution in [1.29, 1.82) is 0 Å². The van der Waals surface area contributed by atoms with Crippen molar-refractivity contribution in [3.05, 3.63) is 106 Å². The first-order valence-electron chi connectivity index (χ1n) is 15.2. The number of hydrogen-bond acceptors (Lipinski definition) is 6. The number of allylic oxidation sites excluding steroid dienone is 1. The predicted molar refractivity (Wildman–Crippen MR) is 174 cm³/mol. The maximum absolute atomic E-state index is 14.0. The lowest BCUT2D eigenvalue weighted by atomic mass is 9.58. The summed E-state index contributed by atoms with van der Waals surface area (Å²) in [5.41, 5.74) is 4.35. The zero-order chi connectivity index (χ0) is 30.8. The maximum Gasteiger partial charge on any atom is 0.455 e. The first kappa shape index (κ1) is 30.4. The number of amides is 2. The number of nitrogens with zero attached hydrogens (tertiary/aromatic N) is 1. The molecule has 7 nitrogen and oxygen atoms in total. The van der Waals surface area contributed by atoms with E-state index in [1.807, 2.05) is 60.7 Å². The number of fused-ring (bicyclic) bond motifs is 3. The van der Waals surface area contributed by atoms with Gasteiger partial charge in [-0.3, -0.25) is 14.5 Å². The molecule has 2 heterocycles. The van der Waals surface area contributed by atoms with Crippen molar-refractivity contribution in [2.24, 2.45) is 17.8 Å². The van der Waals surface area contributed by atoms with Crippen LogP contribution < -0.4 is 9.64 Å². The molecule has 3 aromatic rings. The molecule has 2 aliphatic heterocycles. The first-order valence-corrected chi connectivity index (χ1v) is 16.0. The van der Waals surface area contributed by atoms with Crippen LogP contribution in [0.4, 0.5) is 5.69 Å². The van der Waals surface area contributed by atoms with Crippen molar-refractivity contribution in [2.45, 2.75) is 45.0 Å². The number of imide groups is 1. The second kappa shape index (κ2) is 13.1. The van der Waals surface area contributed by atoms with Crippen molar-refractivity contribution in [1.82, 2.24) is 0 Å². The first-order chi connectivity index (χ1) is 21.3. The van der Waals surface area contributed by atoms with Gasteiger partial charge in [0.25, 0.3) is 0 Å². The largest absolute Gasteiger partial charge is 0.507 e. The Morgan fingerprint density at radius 3 is 2.50 bits per heavy atom. The molecular weight excluding hydrogens is 621 g/mol. The number of anilines is 1. The van der Waals surface area contributed by atoms with Gasteiger partial charge in [0.15, 0.2) is 0 Å². The SMILES string of the molecule is CC/C(=C\c1cc(Br)ccc1O)CC[C@H]1OB(O)C[C@H]2C1=C(COc1ccccc1)C[C@H]1C(=O)N(c3ccccc3)C(=O)[C@H]12. The van der Waals surface area contributed by atoms with Gasteiger partial charge in [-0.1, -0.05) is 70.9 Å². The lowest BCUT2D eigenvalue weighted by Gasteiger charge is -2.43. The van der Waals surface area contributed by atoms with E-state index in [2.05, 4.69) is 22.9 Å². The van der Waals surface area contributed by atoms with Crippen LogP contribution in [0.1, 0.15) is 38.2 Å². The maximum atomic E-state index is 14.0. The van der Waals surface area contributed by atoms with E-state index in [0.29, 0.717) is 24.9 Å². The molecular formula is C35H35BBrNO6. The van der Waals surface area contributed by atoms with Gasteiger partial charge in [0.2, 0.25) is 11.8 Å². The lowest BCUT2D eigenvalue weighted by molar-refractivity contribution is -0.122. The molecule has 0 unspecified atom stereocenters. The number of hydrogen-bond donors (Lipinski definition) is 2. The Labute approximate surface area is 266 Å². The molecule has 6 rings (SSSR count). The van der Waals surface area contributed by atoms with Crippen LogP contribution in [0.15, 0.2) is 100 Å². The molecule has 0 spiro atoms. The summed E-state index contributed by atoms with van der Waals surface area (Å²) in [7, 11) is -1.05. The van der Waals surface area contributed by atoms with Gasteiger partial charge in [0.1, 0.15) is 18.1 Å². The highest BCUT2D eigenvalue weighted by Gasteiger charge is 2.57. The van der Waals surface area contributed by atoms with E-state index in [1.165, 1.54) is 4.90 Å². The highest BCUT2D eigenvalue weighted by atomic mass is 79.9. The van der Waals surface area contributed by atoms with Gasteiger partial charge in [-0.05, 0) is 91.5 Å². The van der Waals surface area contributed by atoms with Crippen molar-refractivity contribution in [3.63, 3.8) is 0 Å². The average molecular weight is 656 g/mol. The second-order valence-electron chi connectivity index (χ2n) is 11.7. The van der Waals surface area contributed by atoms with Crippen molar-refractivity contribution >= 4 is 46.6 Å².